The Morgan fingerprint density at radius 2 is 2.10 bits per heavy atom. The second-order valence-electron chi connectivity index (χ2n) is 4.86. The molecule has 1 atom stereocenters. The third-order valence-corrected chi connectivity index (χ3v) is 3.66. The van der Waals surface area contributed by atoms with Gasteiger partial charge in [0.2, 0.25) is 0 Å². The molecule has 0 saturated heterocycles. The topological polar surface area (TPSA) is 67.2 Å². The maximum atomic E-state index is 12.4. The molecule has 0 aliphatic rings. The molecule has 2 rings (SSSR count). The Morgan fingerprint density at radius 3 is 2.67 bits per heavy atom. The highest BCUT2D eigenvalue weighted by molar-refractivity contribution is 9.10. The van der Waals surface area contributed by atoms with Gasteiger partial charge in [0.1, 0.15) is 17.3 Å². The summed E-state index contributed by atoms with van der Waals surface area (Å²) in [5.41, 5.74) is 1.48. The van der Waals surface area contributed by atoms with Crippen LogP contribution >= 0.6 is 15.9 Å². The van der Waals surface area contributed by atoms with Crippen LogP contribution in [0.4, 0.5) is 5.82 Å². The number of carbonyl (C=O) groups is 1. The van der Waals surface area contributed by atoms with Crippen molar-refractivity contribution >= 4 is 27.7 Å². The number of anilines is 1. The van der Waals surface area contributed by atoms with E-state index in [1.807, 2.05) is 26.8 Å². The van der Waals surface area contributed by atoms with Gasteiger partial charge < -0.3 is 15.1 Å². The Hall–Kier alpha value is -1.82. The van der Waals surface area contributed by atoms with E-state index in [0.29, 0.717) is 11.4 Å². The minimum atomic E-state index is -0.182. The van der Waals surface area contributed by atoms with Crippen LogP contribution in [0.15, 0.2) is 27.2 Å². The molecule has 1 unspecified atom stereocenters. The van der Waals surface area contributed by atoms with E-state index in [-0.39, 0.29) is 11.9 Å². The molecule has 21 heavy (non-hydrogen) atoms. The van der Waals surface area contributed by atoms with E-state index in [4.69, 9.17) is 4.42 Å². The fourth-order valence-electron chi connectivity index (χ4n) is 2.24. The summed E-state index contributed by atoms with van der Waals surface area (Å²) in [5, 5.41) is 5.89. The summed E-state index contributed by atoms with van der Waals surface area (Å²) in [5.74, 6) is 2.02. The van der Waals surface area contributed by atoms with Crippen LogP contribution in [0.2, 0.25) is 0 Å². The summed E-state index contributed by atoms with van der Waals surface area (Å²) in [6.07, 6.45) is 1.65. The molecule has 0 aliphatic heterocycles. The fraction of sp³-hybridized carbons (Fsp3) is 0.333. The lowest BCUT2D eigenvalue weighted by Gasteiger charge is -2.15. The van der Waals surface area contributed by atoms with Gasteiger partial charge in [0.25, 0.3) is 5.91 Å². The highest BCUT2D eigenvalue weighted by Crippen LogP contribution is 2.23. The Balaban J connectivity index is 2.22. The van der Waals surface area contributed by atoms with Crippen LogP contribution < -0.4 is 10.6 Å². The number of halogens is 1. The van der Waals surface area contributed by atoms with Gasteiger partial charge >= 0.3 is 0 Å². The number of pyridine rings is 1. The van der Waals surface area contributed by atoms with Gasteiger partial charge in [0.05, 0.1) is 11.6 Å². The number of rotatable bonds is 4. The first-order valence-corrected chi connectivity index (χ1v) is 7.42. The quantitative estimate of drug-likeness (QED) is 0.883. The van der Waals surface area contributed by atoms with E-state index in [1.54, 1.807) is 19.3 Å². The Bertz CT molecular complexity index is 667. The lowest BCUT2D eigenvalue weighted by molar-refractivity contribution is 0.0940. The zero-order valence-electron chi connectivity index (χ0n) is 12.5. The first-order chi connectivity index (χ1) is 9.92. The zero-order chi connectivity index (χ0) is 15.6. The van der Waals surface area contributed by atoms with E-state index in [9.17, 15) is 4.79 Å². The van der Waals surface area contributed by atoms with Crippen molar-refractivity contribution in [3.8, 4) is 0 Å². The van der Waals surface area contributed by atoms with E-state index >= 15 is 0 Å². The second kappa shape index (κ2) is 6.30. The smallest absolute Gasteiger partial charge is 0.255 e. The van der Waals surface area contributed by atoms with Gasteiger partial charge in [-0.15, -0.1) is 0 Å². The van der Waals surface area contributed by atoms with Crippen LogP contribution in [0.5, 0.6) is 0 Å². The van der Waals surface area contributed by atoms with Crippen molar-refractivity contribution in [1.29, 1.82) is 0 Å². The SMILES string of the molecule is CNc1ncc(Br)cc1C(=O)NC(C)c1cc(C)oc1C. The highest BCUT2D eigenvalue weighted by atomic mass is 79.9. The molecule has 5 nitrogen and oxygen atoms in total. The third kappa shape index (κ3) is 3.44. The number of nitrogens with one attached hydrogen (secondary N) is 2. The standard InChI is InChI=1S/C15H18BrN3O2/c1-8-5-12(10(3)21-8)9(2)19-15(20)13-6-11(16)7-18-14(13)17-4/h5-7,9H,1-4H3,(H,17,18)(H,19,20). The minimum absolute atomic E-state index is 0.140. The molecule has 2 aromatic heterocycles. The number of furan rings is 1. The third-order valence-electron chi connectivity index (χ3n) is 3.23. The Morgan fingerprint density at radius 1 is 1.38 bits per heavy atom. The van der Waals surface area contributed by atoms with Gasteiger partial charge in [-0.3, -0.25) is 4.79 Å². The van der Waals surface area contributed by atoms with Crippen LogP contribution in [0.25, 0.3) is 0 Å². The van der Waals surface area contributed by atoms with Crippen LogP contribution in [-0.2, 0) is 0 Å². The molecule has 0 bridgehead atoms. The summed E-state index contributed by atoms with van der Waals surface area (Å²) < 4.78 is 6.26. The number of aryl methyl sites for hydroxylation is 2. The number of aromatic nitrogens is 1. The predicted octanol–water partition coefficient (Wildman–Crippen LogP) is 3.59. The van der Waals surface area contributed by atoms with Gasteiger partial charge in [-0.05, 0) is 48.8 Å². The Labute approximate surface area is 132 Å². The fourth-order valence-corrected chi connectivity index (χ4v) is 2.58. The molecule has 0 radical (unpaired) electrons. The van der Waals surface area contributed by atoms with Crippen LogP contribution in [0, 0.1) is 13.8 Å². The van der Waals surface area contributed by atoms with Crippen molar-refractivity contribution in [2.24, 2.45) is 0 Å². The molecule has 112 valence electrons. The number of hydrogen-bond acceptors (Lipinski definition) is 4. The molecule has 0 aliphatic carbocycles. The van der Waals surface area contributed by atoms with Crippen LogP contribution in [0.3, 0.4) is 0 Å². The van der Waals surface area contributed by atoms with Gasteiger partial charge in [-0.25, -0.2) is 4.98 Å². The first kappa shape index (κ1) is 15.6. The maximum Gasteiger partial charge on any atom is 0.255 e. The van der Waals surface area contributed by atoms with Crippen molar-refractivity contribution < 1.29 is 9.21 Å². The molecule has 2 heterocycles. The predicted molar refractivity (Wildman–Crippen MR) is 85.5 cm³/mol. The van der Waals surface area contributed by atoms with Crippen LogP contribution in [0.1, 0.15) is 40.4 Å². The first-order valence-electron chi connectivity index (χ1n) is 6.63. The molecule has 0 saturated carbocycles. The average Bonchev–Trinajstić information content (AvgIpc) is 2.77. The molecule has 1 amide bonds. The normalized spacial score (nSPS) is 12.0. The van der Waals surface area contributed by atoms with Gasteiger partial charge in [-0.2, -0.15) is 0 Å². The minimum Gasteiger partial charge on any atom is -0.466 e. The summed E-state index contributed by atoms with van der Waals surface area (Å²) in [6, 6.07) is 3.55. The van der Waals surface area contributed by atoms with Crippen LogP contribution in [-0.4, -0.2) is 17.9 Å². The van der Waals surface area contributed by atoms with Crippen molar-refractivity contribution in [3.63, 3.8) is 0 Å². The molecule has 2 N–H and O–H groups in total. The molecular weight excluding hydrogens is 334 g/mol. The van der Waals surface area contributed by atoms with E-state index < -0.39 is 0 Å². The van der Waals surface area contributed by atoms with Crippen molar-refractivity contribution in [3.05, 3.63) is 45.4 Å². The van der Waals surface area contributed by atoms with Crippen molar-refractivity contribution in [1.82, 2.24) is 10.3 Å². The Kier molecular flexibility index (Phi) is 4.67. The van der Waals surface area contributed by atoms with Gasteiger partial charge in [-0.1, -0.05) is 0 Å². The van der Waals surface area contributed by atoms with Gasteiger partial charge in [0.15, 0.2) is 0 Å². The summed E-state index contributed by atoms with van der Waals surface area (Å²) in [4.78, 5) is 16.6. The van der Waals surface area contributed by atoms with Crippen molar-refractivity contribution in [2.45, 2.75) is 26.8 Å². The monoisotopic (exact) mass is 351 g/mol. The molecule has 0 aromatic carbocycles. The summed E-state index contributed by atoms with van der Waals surface area (Å²) in [6.45, 7) is 5.71. The maximum absolute atomic E-state index is 12.4. The average molecular weight is 352 g/mol. The number of nitrogens with zero attached hydrogens (tertiary/aromatic N) is 1. The van der Waals surface area contributed by atoms with E-state index in [2.05, 4.69) is 31.5 Å². The highest BCUT2D eigenvalue weighted by Gasteiger charge is 2.18. The lowest BCUT2D eigenvalue weighted by atomic mass is 10.1. The number of hydrogen-bond donors (Lipinski definition) is 2. The summed E-state index contributed by atoms with van der Waals surface area (Å²) >= 11 is 3.33. The molecule has 6 heteroatoms. The van der Waals surface area contributed by atoms with Crippen molar-refractivity contribution in [2.75, 3.05) is 12.4 Å². The number of carbonyl (C=O) groups excluding carboxylic acids is 1. The largest absolute Gasteiger partial charge is 0.466 e. The van der Waals surface area contributed by atoms with E-state index in [1.165, 1.54) is 0 Å². The summed E-state index contributed by atoms with van der Waals surface area (Å²) in [7, 11) is 1.74. The lowest BCUT2D eigenvalue weighted by Crippen LogP contribution is -2.27. The number of amides is 1. The molecule has 2 aromatic rings. The molecule has 0 spiro atoms. The van der Waals surface area contributed by atoms with Gasteiger partial charge in [0, 0.05) is 23.3 Å². The molecule has 0 fully saturated rings. The second-order valence-corrected chi connectivity index (χ2v) is 5.78. The molecular formula is C15H18BrN3O2. The van der Waals surface area contributed by atoms with E-state index in [0.717, 1.165) is 21.6 Å². The zero-order valence-corrected chi connectivity index (χ0v) is 14.0.